The Morgan fingerprint density at radius 1 is 1.30 bits per heavy atom. The molecule has 4 nitrogen and oxygen atoms in total. The summed E-state index contributed by atoms with van der Waals surface area (Å²) in [7, 11) is 0. The van der Waals surface area contributed by atoms with Gasteiger partial charge in [0.05, 0.1) is 11.4 Å². The highest BCUT2D eigenvalue weighted by atomic mass is 16.5. The van der Waals surface area contributed by atoms with Crippen LogP contribution in [-0.2, 0) is 16.0 Å². The van der Waals surface area contributed by atoms with Crippen molar-refractivity contribution in [1.82, 2.24) is 0 Å². The second kappa shape index (κ2) is 5.83. The van der Waals surface area contributed by atoms with E-state index in [9.17, 15) is 4.79 Å². The molecule has 1 aromatic rings. The number of hydrogen-bond acceptors (Lipinski definition) is 3. The van der Waals surface area contributed by atoms with Crippen molar-refractivity contribution in [3.8, 4) is 0 Å². The molecule has 0 spiro atoms. The van der Waals surface area contributed by atoms with E-state index in [1.54, 1.807) is 0 Å². The average Bonchev–Trinajstić information content (AvgIpc) is 2.49. The van der Waals surface area contributed by atoms with Gasteiger partial charge in [-0.05, 0) is 44.2 Å². The Labute approximate surface area is 119 Å². The highest BCUT2D eigenvalue weighted by Crippen LogP contribution is 2.32. The van der Waals surface area contributed by atoms with E-state index in [0.717, 1.165) is 37.1 Å². The largest absolute Gasteiger partial charge is 0.381 e. The van der Waals surface area contributed by atoms with Crippen molar-refractivity contribution in [3.63, 3.8) is 0 Å². The van der Waals surface area contributed by atoms with Gasteiger partial charge in [0.2, 0.25) is 5.91 Å². The van der Waals surface area contributed by atoms with E-state index in [2.05, 4.69) is 23.6 Å². The Bertz CT molecular complexity index is 495. The van der Waals surface area contributed by atoms with Crippen LogP contribution in [0.15, 0.2) is 18.2 Å². The Morgan fingerprint density at radius 3 is 2.90 bits per heavy atom. The second-order valence-corrected chi connectivity index (χ2v) is 5.80. The summed E-state index contributed by atoms with van der Waals surface area (Å²) in [6.07, 6.45) is 3.87. The molecule has 108 valence electrons. The standard InChI is InChI=1S/C16H22N2O2/c1-11-5-6-12-3-2-4-14(15(12)17-11)18-16(19)13-7-9-20-10-8-13/h2-4,11,13,17H,5-10H2,1H3,(H,18,19). The lowest BCUT2D eigenvalue weighted by atomic mass is 9.96. The summed E-state index contributed by atoms with van der Waals surface area (Å²) in [5.74, 6) is 0.211. The summed E-state index contributed by atoms with van der Waals surface area (Å²) in [4.78, 5) is 12.3. The summed E-state index contributed by atoms with van der Waals surface area (Å²) < 4.78 is 5.31. The SMILES string of the molecule is CC1CCc2cccc(NC(=O)C3CCOCC3)c2N1. The number of carbonyl (C=O) groups excluding carboxylic acids is 1. The van der Waals surface area contributed by atoms with Gasteiger partial charge >= 0.3 is 0 Å². The molecule has 4 heteroatoms. The van der Waals surface area contributed by atoms with Gasteiger partial charge in [0, 0.05) is 25.2 Å². The number of fused-ring (bicyclic) bond motifs is 1. The van der Waals surface area contributed by atoms with Gasteiger partial charge in [-0.15, -0.1) is 0 Å². The van der Waals surface area contributed by atoms with Crippen LogP contribution >= 0.6 is 0 Å². The van der Waals surface area contributed by atoms with Gasteiger partial charge in [0.1, 0.15) is 0 Å². The molecule has 2 N–H and O–H groups in total. The quantitative estimate of drug-likeness (QED) is 0.872. The average molecular weight is 274 g/mol. The molecule has 1 saturated heterocycles. The van der Waals surface area contributed by atoms with E-state index in [4.69, 9.17) is 4.74 Å². The summed E-state index contributed by atoms with van der Waals surface area (Å²) in [5.41, 5.74) is 3.32. The maximum absolute atomic E-state index is 12.3. The van der Waals surface area contributed by atoms with Crippen LogP contribution in [0.25, 0.3) is 0 Å². The van der Waals surface area contributed by atoms with Crippen LogP contribution in [0.4, 0.5) is 11.4 Å². The minimum atomic E-state index is 0.0839. The van der Waals surface area contributed by atoms with Crippen molar-refractivity contribution in [1.29, 1.82) is 0 Å². The smallest absolute Gasteiger partial charge is 0.227 e. The minimum Gasteiger partial charge on any atom is -0.381 e. The number of para-hydroxylation sites is 1. The number of ether oxygens (including phenoxy) is 1. The molecule has 0 radical (unpaired) electrons. The molecule has 1 unspecified atom stereocenters. The molecular formula is C16H22N2O2. The number of carbonyl (C=O) groups is 1. The number of nitrogens with one attached hydrogen (secondary N) is 2. The molecule has 3 rings (SSSR count). The lowest BCUT2D eigenvalue weighted by Crippen LogP contribution is -2.30. The number of rotatable bonds is 2. The van der Waals surface area contributed by atoms with Gasteiger partial charge in [0.15, 0.2) is 0 Å². The number of amides is 1. The van der Waals surface area contributed by atoms with Crippen LogP contribution in [0.5, 0.6) is 0 Å². The van der Waals surface area contributed by atoms with Gasteiger partial charge in [-0.25, -0.2) is 0 Å². The molecule has 1 aromatic carbocycles. The van der Waals surface area contributed by atoms with Crippen LogP contribution in [0, 0.1) is 5.92 Å². The summed E-state index contributed by atoms with van der Waals surface area (Å²) in [5, 5.41) is 6.60. The zero-order valence-electron chi connectivity index (χ0n) is 11.9. The molecule has 0 aromatic heterocycles. The van der Waals surface area contributed by atoms with Gasteiger partial charge in [-0.1, -0.05) is 12.1 Å². The number of aryl methyl sites for hydroxylation is 1. The van der Waals surface area contributed by atoms with Crippen molar-refractivity contribution in [2.75, 3.05) is 23.8 Å². The van der Waals surface area contributed by atoms with Gasteiger partial charge in [-0.2, -0.15) is 0 Å². The Hall–Kier alpha value is -1.55. The van der Waals surface area contributed by atoms with Crippen molar-refractivity contribution in [3.05, 3.63) is 23.8 Å². The van der Waals surface area contributed by atoms with Crippen LogP contribution in [0.1, 0.15) is 31.7 Å². The van der Waals surface area contributed by atoms with Crippen LogP contribution in [0.2, 0.25) is 0 Å². The zero-order valence-corrected chi connectivity index (χ0v) is 11.9. The Balaban J connectivity index is 1.75. The first kappa shape index (κ1) is 13.4. The van der Waals surface area contributed by atoms with Crippen LogP contribution < -0.4 is 10.6 Å². The molecule has 1 amide bonds. The first-order valence-corrected chi connectivity index (χ1v) is 7.51. The van der Waals surface area contributed by atoms with E-state index in [0.29, 0.717) is 19.3 Å². The normalized spacial score (nSPS) is 22.8. The van der Waals surface area contributed by atoms with E-state index < -0.39 is 0 Å². The molecule has 0 aliphatic carbocycles. The lowest BCUT2D eigenvalue weighted by Gasteiger charge is -2.27. The van der Waals surface area contributed by atoms with E-state index in [1.165, 1.54) is 5.56 Å². The predicted octanol–water partition coefficient (Wildman–Crippen LogP) is 2.80. The van der Waals surface area contributed by atoms with Gasteiger partial charge in [0.25, 0.3) is 0 Å². The molecule has 2 aliphatic heterocycles. The third-order valence-electron chi connectivity index (χ3n) is 4.24. The first-order valence-electron chi connectivity index (χ1n) is 7.51. The summed E-state index contributed by atoms with van der Waals surface area (Å²) in [6, 6.07) is 6.61. The highest BCUT2D eigenvalue weighted by Gasteiger charge is 2.23. The number of hydrogen-bond donors (Lipinski definition) is 2. The second-order valence-electron chi connectivity index (χ2n) is 5.80. The summed E-state index contributed by atoms with van der Waals surface area (Å²) in [6.45, 7) is 3.57. The molecule has 1 atom stereocenters. The third kappa shape index (κ3) is 2.80. The fraction of sp³-hybridized carbons (Fsp3) is 0.562. The maximum atomic E-state index is 12.3. The van der Waals surface area contributed by atoms with Crippen LogP contribution in [-0.4, -0.2) is 25.2 Å². The van der Waals surface area contributed by atoms with Gasteiger partial charge in [-0.3, -0.25) is 4.79 Å². The molecule has 0 bridgehead atoms. The van der Waals surface area contributed by atoms with Crippen molar-refractivity contribution in [2.24, 2.45) is 5.92 Å². The van der Waals surface area contributed by atoms with E-state index in [-0.39, 0.29) is 11.8 Å². The van der Waals surface area contributed by atoms with E-state index in [1.807, 2.05) is 12.1 Å². The lowest BCUT2D eigenvalue weighted by molar-refractivity contribution is -0.122. The topological polar surface area (TPSA) is 50.4 Å². The van der Waals surface area contributed by atoms with Crippen molar-refractivity contribution in [2.45, 2.75) is 38.6 Å². The number of anilines is 2. The maximum Gasteiger partial charge on any atom is 0.227 e. The van der Waals surface area contributed by atoms with Crippen LogP contribution in [0.3, 0.4) is 0 Å². The molecule has 20 heavy (non-hydrogen) atoms. The Morgan fingerprint density at radius 2 is 2.10 bits per heavy atom. The summed E-state index contributed by atoms with van der Waals surface area (Å²) >= 11 is 0. The molecular weight excluding hydrogens is 252 g/mol. The molecule has 2 aliphatic rings. The van der Waals surface area contributed by atoms with Gasteiger partial charge < -0.3 is 15.4 Å². The van der Waals surface area contributed by atoms with E-state index >= 15 is 0 Å². The van der Waals surface area contributed by atoms with Crippen molar-refractivity contribution >= 4 is 17.3 Å². The Kier molecular flexibility index (Phi) is 3.92. The zero-order chi connectivity index (χ0) is 13.9. The third-order valence-corrected chi connectivity index (χ3v) is 4.24. The van der Waals surface area contributed by atoms with Crippen molar-refractivity contribution < 1.29 is 9.53 Å². The fourth-order valence-electron chi connectivity index (χ4n) is 2.97. The number of benzene rings is 1. The highest BCUT2D eigenvalue weighted by molar-refractivity contribution is 5.96. The monoisotopic (exact) mass is 274 g/mol. The predicted molar refractivity (Wildman–Crippen MR) is 80.0 cm³/mol. The minimum absolute atomic E-state index is 0.0839. The molecule has 0 saturated carbocycles. The molecule has 1 fully saturated rings. The first-order chi connectivity index (χ1) is 9.74. The molecule has 2 heterocycles. The fourth-order valence-corrected chi connectivity index (χ4v) is 2.97.